The van der Waals surface area contributed by atoms with E-state index >= 15 is 0 Å². The average Bonchev–Trinajstić information content (AvgIpc) is 3.16. The molecule has 0 aliphatic carbocycles. The fourth-order valence-corrected chi connectivity index (χ4v) is 3.28. The number of ketones is 1. The summed E-state index contributed by atoms with van der Waals surface area (Å²) in [5, 5.41) is 9.07. The second kappa shape index (κ2) is 7.26. The van der Waals surface area contributed by atoms with Gasteiger partial charge in [-0.05, 0) is 43.3 Å². The van der Waals surface area contributed by atoms with Crippen molar-refractivity contribution in [2.45, 2.75) is 33.4 Å². The van der Waals surface area contributed by atoms with Crippen LogP contribution in [0.5, 0.6) is 5.75 Å². The predicted molar refractivity (Wildman–Crippen MR) is 106 cm³/mol. The lowest BCUT2D eigenvalue weighted by molar-refractivity contribution is 0.0988. The zero-order valence-electron chi connectivity index (χ0n) is 15.8. The quantitative estimate of drug-likeness (QED) is 0.483. The van der Waals surface area contributed by atoms with Crippen LogP contribution in [0.15, 0.2) is 53.3 Å². The molecule has 7 nitrogen and oxygen atoms in total. The van der Waals surface area contributed by atoms with E-state index in [0.717, 1.165) is 5.52 Å². The first-order valence-corrected chi connectivity index (χ1v) is 9.25. The maximum Gasteiger partial charge on any atom is 0.262 e. The topological polar surface area (TPSA) is 78.5 Å². The van der Waals surface area contributed by atoms with E-state index < -0.39 is 0 Å². The van der Waals surface area contributed by atoms with Crippen molar-refractivity contribution in [3.63, 3.8) is 0 Å². The monoisotopic (exact) mass is 376 g/mol. The van der Waals surface area contributed by atoms with Crippen molar-refractivity contribution in [1.29, 1.82) is 0 Å². The second-order valence-corrected chi connectivity index (χ2v) is 6.41. The molecule has 0 aliphatic rings. The van der Waals surface area contributed by atoms with Crippen molar-refractivity contribution in [2.75, 3.05) is 0 Å². The average molecular weight is 376 g/mol. The number of hydrogen-bond donors (Lipinski definition) is 0. The number of fused-ring (bicyclic) bond motifs is 3. The number of ether oxygens (including phenoxy) is 1. The van der Waals surface area contributed by atoms with E-state index in [2.05, 4.69) is 10.2 Å². The van der Waals surface area contributed by atoms with Crippen molar-refractivity contribution in [3.8, 4) is 5.75 Å². The summed E-state index contributed by atoms with van der Waals surface area (Å²) < 4.78 is 9.32. The molecule has 0 unspecified atom stereocenters. The smallest absolute Gasteiger partial charge is 0.262 e. The van der Waals surface area contributed by atoms with E-state index in [4.69, 9.17) is 4.74 Å². The zero-order chi connectivity index (χ0) is 19.7. The van der Waals surface area contributed by atoms with Crippen molar-refractivity contribution in [1.82, 2.24) is 19.2 Å². The minimum atomic E-state index is -0.0818. The number of Topliss-reactive ketones (excluding diaryl/α,β-unsaturated/α-hetero) is 1. The van der Waals surface area contributed by atoms with Crippen LogP contribution in [0.25, 0.3) is 16.7 Å². The Hall–Kier alpha value is -3.48. The van der Waals surface area contributed by atoms with Crippen LogP contribution >= 0.6 is 0 Å². The summed E-state index contributed by atoms with van der Waals surface area (Å²) in [4.78, 5) is 24.4. The number of benzene rings is 2. The van der Waals surface area contributed by atoms with Gasteiger partial charge < -0.3 is 4.74 Å². The highest BCUT2D eigenvalue weighted by Gasteiger charge is 2.16. The third-order valence-electron chi connectivity index (χ3n) is 4.76. The van der Waals surface area contributed by atoms with E-state index in [-0.39, 0.29) is 17.9 Å². The maximum atomic E-state index is 12.7. The normalized spacial score (nSPS) is 11.2. The maximum absolute atomic E-state index is 12.7. The summed E-state index contributed by atoms with van der Waals surface area (Å²) in [6.45, 7) is 4.43. The Kier molecular flexibility index (Phi) is 4.65. The SMILES string of the molecule is CCC(=O)c1ccc(OCc2nnc3n(CC)c(=O)c4ccccc4n23)cc1. The Balaban J connectivity index is 1.71. The largest absolute Gasteiger partial charge is 0.486 e. The van der Waals surface area contributed by atoms with E-state index in [1.807, 2.05) is 36.4 Å². The van der Waals surface area contributed by atoms with E-state index in [9.17, 15) is 9.59 Å². The van der Waals surface area contributed by atoms with Crippen LogP contribution in [0.1, 0.15) is 36.5 Å². The summed E-state index contributed by atoms with van der Waals surface area (Å²) in [5.41, 5.74) is 1.34. The Morgan fingerprint density at radius 2 is 1.79 bits per heavy atom. The molecule has 0 N–H and O–H groups in total. The van der Waals surface area contributed by atoms with Gasteiger partial charge in [0.05, 0.1) is 10.9 Å². The Bertz CT molecular complexity index is 1220. The Labute approximate surface area is 161 Å². The fourth-order valence-electron chi connectivity index (χ4n) is 3.28. The summed E-state index contributed by atoms with van der Waals surface area (Å²) in [5.74, 6) is 1.83. The predicted octanol–water partition coefficient (Wildman–Crippen LogP) is 3.24. The number of rotatable bonds is 6. The van der Waals surface area contributed by atoms with Crippen molar-refractivity contribution >= 4 is 22.5 Å². The van der Waals surface area contributed by atoms with Gasteiger partial charge in [-0.25, -0.2) is 0 Å². The first-order chi connectivity index (χ1) is 13.6. The molecule has 0 atom stereocenters. The summed E-state index contributed by atoms with van der Waals surface area (Å²) in [6, 6.07) is 14.5. The van der Waals surface area contributed by atoms with Crippen molar-refractivity contribution < 1.29 is 9.53 Å². The van der Waals surface area contributed by atoms with Crippen LogP contribution in [0.3, 0.4) is 0 Å². The van der Waals surface area contributed by atoms with Crippen molar-refractivity contribution in [3.05, 3.63) is 70.3 Å². The first-order valence-electron chi connectivity index (χ1n) is 9.25. The number of carbonyl (C=O) groups excluding carboxylic acids is 1. The molecule has 0 saturated carbocycles. The highest BCUT2D eigenvalue weighted by Crippen LogP contribution is 2.18. The third-order valence-corrected chi connectivity index (χ3v) is 4.76. The van der Waals surface area contributed by atoms with Gasteiger partial charge in [-0.2, -0.15) is 0 Å². The van der Waals surface area contributed by atoms with Gasteiger partial charge in [0.15, 0.2) is 11.6 Å². The Morgan fingerprint density at radius 3 is 2.50 bits per heavy atom. The van der Waals surface area contributed by atoms with Gasteiger partial charge in [-0.15, -0.1) is 10.2 Å². The number of aromatic nitrogens is 4. The van der Waals surface area contributed by atoms with Crippen LogP contribution in [0, 0.1) is 0 Å². The molecule has 142 valence electrons. The number of carbonyl (C=O) groups is 1. The molecule has 0 aliphatic heterocycles. The standard InChI is InChI=1S/C21H20N4O3/c1-3-18(26)14-9-11-15(12-10-14)28-13-19-22-23-21-24(4-2)20(27)16-7-5-6-8-17(16)25(19)21/h5-12H,3-4,13H2,1-2H3. The van der Waals surface area contributed by atoms with Gasteiger partial charge >= 0.3 is 0 Å². The summed E-state index contributed by atoms with van der Waals surface area (Å²) >= 11 is 0. The summed E-state index contributed by atoms with van der Waals surface area (Å²) in [6.07, 6.45) is 0.470. The molecule has 2 aromatic carbocycles. The number of aryl methyl sites for hydroxylation is 1. The minimum absolute atomic E-state index is 0.0818. The lowest BCUT2D eigenvalue weighted by Gasteiger charge is -2.10. The van der Waals surface area contributed by atoms with Crippen LogP contribution in [-0.2, 0) is 13.2 Å². The molecule has 4 rings (SSSR count). The van der Waals surface area contributed by atoms with E-state index in [0.29, 0.717) is 41.3 Å². The molecular formula is C21H20N4O3. The fraction of sp³-hybridized carbons (Fsp3) is 0.238. The molecular weight excluding hydrogens is 356 g/mol. The molecule has 2 aromatic heterocycles. The third kappa shape index (κ3) is 2.94. The van der Waals surface area contributed by atoms with Crippen LogP contribution < -0.4 is 10.3 Å². The van der Waals surface area contributed by atoms with Gasteiger partial charge in [-0.1, -0.05) is 19.1 Å². The number of nitrogens with zero attached hydrogens (tertiary/aromatic N) is 4. The van der Waals surface area contributed by atoms with Crippen LogP contribution in [-0.4, -0.2) is 24.9 Å². The first kappa shape index (κ1) is 17.9. The zero-order valence-corrected chi connectivity index (χ0v) is 15.8. The Morgan fingerprint density at radius 1 is 1.04 bits per heavy atom. The van der Waals surface area contributed by atoms with Gasteiger partial charge in [0.25, 0.3) is 5.56 Å². The molecule has 7 heteroatoms. The van der Waals surface area contributed by atoms with Gasteiger partial charge in [0.2, 0.25) is 5.78 Å². The lowest BCUT2D eigenvalue weighted by Crippen LogP contribution is -2.22. The van der Waals surface area contributed by atoms with Gasteiger partial charge in [0.1, 0.15) is 12.4 Å². The van der Waals surface area contributed by atoms with E-state index in [1.54, 1.807) is 34.9 Å². The molecule has 0 saturated heterocycles. The molecule has 0 amide bonds. The number of para-hydroxylation sites is 1. The summed E-state index contributed by atoms with van der Waals surface area (Å²) in [7, 11) is 0. The molecule has 0 bridgehead atoms. The van der Waals surface area contributed by atoms with Gasteiger partial charge in [0, 0.05) is 18.5 Å². The molecule has 0 spiro atoms. The lowest BCUT2D eigenvalue weighted by atomic mass is 10.1. The highest BCUT2D eigenvalue weighted by atomic mass is 16.5. The second-order valence-electron chi connectivity index (χ2n) is 6.41. The van der Waals surface area contributed by atoms with E-state index in [1.165, 1.54) is 0 Å². The number of hydrogen-bond acceptors (Lipinski definition) is 5. The molecule has 4 aromatic rings. The van der Waals surface area contributed by atoms with Crippen LogP contribution in [0.4, 0.5) is 0 Å². The highest BCUT2D eigenvalue weighted by molar-refractivity contribution is 5.95. The minimum Gasteiger partial charge on any atom is -0.486 e. The van der Waals surface area contributed by atoms with Crippen LogP contribution in [0.2, 0.25) is 0 Å². The molecule has 0 radical (unpaired) electrons. The molecule has 28 heavy (non-hydrogen) atoms. The molecule has 0 fully saturated rings. The van der Waals surface area contributed by atoms with Crippen molar-refractivity contribution in [2.24, 2.45) is 0 Å². The molecule has 2 heterocycles. The van der Waals surface area contributed by atoms with Gasteiger partial charge in [-0.3, -0.25) is 18.6 Å².